The van der Waals surface area contributed by atoms with E-state index in [4.69, 9.17) is 21.1 Å². The molecule has 128 valence electrons. The van der Waals surface area contributed by atoms with Crippen molar-refractivity contribution >= 4 is 17.6 Å². The Balaban J connectivity index is 1.55. The molecule has 1 aliphatic heterocycles. The number of nitrogens with one attached hydrogen (secondary N) is 1. The molecule has 1 aromatic rings. The summed E-state index contributed by atoms with van der Waals surface area (Å²) in [5, 5.41) is 0.705. The van der Waals surface area contributed by atoms with Gasteiger partial charge in [0.05, 0.1) is 38.8 Å². The number of carbonyl (C=O) groups is 1. The molecule has 0 saturated carbocycles. The second kappa shape index (κ2) is 9.78. The van der Waals surface area contributed by atoms with Crippen LogP contribution in [-0.2, 0) is 9.53 Å². The Hall–Kier alpha value is -1.26. The van der Waals surface area contributed by atoms with Gasteiger partial charge in [0.25, 0.3) is 0 Å². The minimum absolute atomic E-state index is 0.0125. The van der Waals surface area contributed by atoms with Gasteiger partial charge in [0, 0.05) is 17.9 Å². The van der Waals surface area contributed by atoms with Crippen molar-refractivity contribution in [3.05, 3.63) is 29.3 Å². The number of ether oxygens (including phenoxy) is 2. The van der Waals surface area contributed by atoms with Crippen molar-refractivity contribution in [2.24, 2.45) is 5.92 Å². The molecule has 1 aliphatic rings. The number of halogens is 1. The highest BCUT2D eigenvalue weighted by Crippen LogP contribution is 2.17. The van der Waals surface area contributed by atoms with E-state index in [1.165, 1.54) is 0 Å². The Morgan fingerprint density at radius 1 is 1.30 bits per heavy atom. The monoisotopic (exact) mass is 340 g/mol. The maximum Gasteiger partial charge on any atom is 0.309 e. The van der Waals surface area contributed by atoms with Crippen LogP contribution in [0.1, 0.15) is 32.6 Å². The van der Waals surface area contributed by atoms with Crippen LogP contribution in [0.4, 0.5) is 0 Å². The van der Waals surface area contributed by atoms with Gasteiger partial charge < -0.3 is 14.4 Å². The summed E-state index contributed by atoms with van der Waals surface area (Å²) in [4.78, 5) is 13.3. The molecule has 0 radical (unpaired) electrons. The normalized spacial score (nSPS) is 21.0. The van der Waals surface area contributed by atoms with Crippen molar-refractivity contribution in [1.82, 2.24) is 0 Å². The van der Waals surface area contributed by atoms with Gasteiger partial charge in [0.2, 0.25) is 0 Å². The third-order valence-electron chi connectivity index (χ3n) is 4.30. The van der Waals surface area contributed by atoms with Gasteiger partial charge in [0.15, 0.2) is 0 Å². The van der Waals surface area contributed by atoms with Crippen molar-refractivity contribution in [3.63, 3.8) is 0 Å². The summed E-state index contributed by atoms with van der Waals surface area (Å²) in [5.41, 5.74) is 0. The summed E-state index contributed by atoms with van der Waals surface area (Å²) < 4.78 is 10.8. The maximum absolute atomic E-state index is 11.7. The first kappa shape index (κ1) is 18.1. The van der Waals surface area contributed by atoms with Gasteiger partial charge in [-0.1, -0.05) is 17.7 Å². The van der Waals surface area contributed by atoms with E-state index >= 15 is 0 Å². The van der Waals surface area contributed by atoms with Crippen LogP contribution < -0.4 is 9.64 Å². The van der Waals surface area contributed by atoms with E-state index in [1.54, 1.807) is 4.90 Å². The number of quaternary nitrogens is 1. The second-order valence-electron chi connectivity index (χ2n) is 6.04. The summed E-state index contributed by atoms with van der Waals surface area (Å²) in [6, 6.07) is 7.51. The van der Waals surface area contributed by atoms with Crippen LogP contribution in [0, 0.1) is 5.92 Å². The van der Waals surface area contributed by atoms with Gasteiger partial charge >= 0.3 is 5.97 Å². The number of unbranched alkanes of at least 4 members (excludes halogenated alkanes) is 1. The maximum atomic E-state index is 11.7. The van der Waals surface area contributed by atoms with Crippen molar-refractivity contribution in [3.8, 4) is 5.75 Å². The number of hydrogen-bond donors (Lipinski definition) is 1. The SMILES string of the molecule is CCOC(=O)C1CC[NH+](CCCCOc2cccc(Cl)c2)CC1. The summed E-state index contributed by atoms with van der Waals surface area (Å²) in [7, 11) is 0. The average molecular weight is 341 g/mol. The lowest BCUT2D eigenvalue weighted by molar-refractivity contribution is -0.906. The molecule has 1 heterocycles. The number of esters is 1. The van der Waals surface area contributed by atoms with Gasteiger partial charge in [-0.15, -0.1) is 0 Å². The number of rotatable bonds is 8. The zero-order valence-corrected chi connectivity index (χ0v) is 14.6. The Morgan fingerprint density at radius 2 is 2.09 bits per heavy atom. The molecular weight excluding hydrogens is 314 g/mol. The molecule has 1 aromatic carbocycles. The van der Waals surface area contributed by atoms with E-state index in [0.29, 0.717) is 11.6 Å². The number of benzene rings is 1. The second-order valence-corrected chi connectivity index (χ2v) is 6.48. The Kier molecular flexibility index (Phi) is 7.69. The number of piperidine rings is 1. The molecule has 0 bridgehead atoms. The van der Waals surface area contributed by atoms with Crippen LogP contribution in [-0.4, -0.2) is 38.8 Å². The predicted octanol–water partition coefficient (Wildman–Crippen LogP) is 2.36. The van der Waals surface area contributed by atoms with Gasteiger partial charge in [0.1, 0.15) is 5.75 Å². The molecule has 0 spiro atoms. The van der Waals surface area contributed by atoms with Crippen LogP contribution in [0.3, 0.4) is 0 Å². The zero-order valence-electron chi connectivity index (χ0n) is 13.9. The highest BCUT2D eigenvalue weighted by atomic mass is 35.5. The summed E-state index contributed by atoms with van der Waals surface area (Å²) in [6.07, 6.45) is 4.08. The van der Waals surface area contributed by atoms with Gasteiger partial charge in [-0.3, -0.25) is 4.79 Å². The van der Waals surface area contributed by atoms with Gasteiger partial charge in [-0.05, 0) is 38.0 Å². The van der Waals surface area contributed by atoms with Crippen LogP contribution in [0.5, 0.6) is 5.75 Å². The quantitative estimate of drug-likeness (QED) is 0.583. The first-order valence-corrected chi connectivity index (χ1v) is 8.95. The first-order chi connectivity index (χ1) is 11.2. The number of hydrogen-bond acceptors (Lipinski definition) is 3. The highest BCUT2D eigenvalue weighted by molar-refractivity contribution is 6.30. The Labute approximate surface area is 143 Å². The topological polar surface area (TPSA) is 40.0 Å². The summed E-state index contributed by atoms with van der Waals surface area (Å²) in [5.74, 6) is 0.937. The Morgan fingerprint density at radius 3 is 2.78 bits per heavy atom. The summed E-state index contributed by atoms with van der Waals surface area (Å²) in [6.45, 7) is 6.35. The zero-order chi connectivity index (χ0) is 16.5. The molecule has 23 heavy (non-hydrogen) atoms. The lowest BCUT2D eigenvalue weighted by Gasteiger charge is -2.28. The minimum atomic E-state index is -0.0125. The van der Waals surface area contributed by atoms with Crippen molar-refractivity contribution in [2.75, 3.05) is 32.8 Å². The molecule has 0 aliphatic carbocycles. The van der Waals surface area contributed by atoms with Gasteiger partial charge in [-0.25, -0.2) is 0 Å². The molecule has 1 N–H and O–H groups in total. The molecule has 1 fully saturated rings. The fraction of sp³-hybridized carbons (Fsp3) is 0.611. The molecule has 5 heteroatoms. The van der Waals surface area contributed by atoms with E-state index in [2.05, 4.69) is 0 Å². The van der Waals surface area contributed by atoms with E-state index in [-0.39, 0.29) is 11.9 Å². The van der Waals surface area contributed by atoms with Crippen LogP contribution in [0.25, 0.3) is 0 Å². The third kappa shape index (κ3) is 6.40. The first-order valence-electron chi connectivity index (χ1n) is 8.57. The molecule has 0 amide bonds. The molecule has 0 unspecified atom stereocenters. The molecular formula is C18H27ClNO3+. The standard InChI is InChI=1S/C18H26ClNO3/c1-2-22-18(21)15-8-11-20(12-9-15)10-3-4-13-23-17-7-5-6-16(19)14-17/h5-7,14-15H,2-4,8-13H2,1H3/p+1. The van der Waals surface area contributed by atoms with E-state index in [1.807, 2.05) is 31.2 Å². The van der Waals surface area contributed by atoms with Crippen LogP contribution in [0.15, 0.2) is 24.3 Å². The molecule has 0 atom stereocenters. The lowest BCUT2D eigenvalue weighted by Crippen LogP contribution is -3.13. The lowest BCUT2D eigenvalue weighted by atomic mass is 9.97. The van der Waals surface area contributed by atoms with E-state index in [9.17, 15) is 4.79 Å². The third-order valence-corrected chi connectivity index (χ3v) is 4.54. The van der Waals surface area contributed by atoms with Crippen LogP contribution >= 0.6 is 11.6 Å². The van der Waals surface area contributed by atoms with Crippen LogP contribution in [0.2, 0.25) is 5.02 Å². The fourth-order valence-electron chi connectivity index (χ4n) is 3.00. The fourth-order valence-corrected chi connectivity index (χ4v) is 3.18. The van der Waals surface area contributed by atoms with Gasteiger partial charge in [-0.2, -0.15) is 0 Å². The smallest absolute Gasteiger partial charge is 0.309 e. The van der Waals surface area contributed by atoms with E-state index in [0.717, 1.165) is 57.7 Å². The van der Waals surface area contributed by atoms with E-state index < -0.39 is 0 Å². The Bertz CT molecular complexity index is 487. The molecule has 2 rings (SSSR count). The van der Waals surface area contributed by atoms with Crippen molar-refractivity contribution < 1.29 is 19.2 Å². The highest BCUT2D eigenvalue weighted by Gasteiger charge is 2.27. The predicted molar refractivity (Wildman–Crippen MR) is 91.1 cm³/mol. The molecule has 4 nitrogen and oxygen atoms in total. The minimum Gasteiger partial charge on any atom is -0.494 e. The average Bonchev–Trinajstić information content (AvgIpc) is 2.55. The number of likely N-dealkylation sites (tertiary alicyclic amines) is 1. The molecule has 1 saturated heterocycles. The largest absolute Gasteiger partial charge is 0.494 e. The summed E-state index contributed by atoms with van der Waals surface area (Å²) >= 11 is 5.92. The van der Waals surface area contributed by atoms with Crippen molar-refractivity contribution in [1.29, 1.82) is 0 Å². The van der Waals surface area contributed by atoms with Crippen molar-refractivity contribution in [2.45, 2.75) is 32.6 Å². The molecule has 0 aromatic heterocycles. The number of carbonyl (C=O) groups excluding carboxylic acids is 1.